The van der Waals surface area contributed by atoms with Gasteiger partial charge in [0.15, 0.2) is 6.10 Å². The highest BCUT2D eigenvalue weighted by molar-refractivity contribution is 5.95. The number of anilines is 2. The van der Waals surface area contributed by atoms with Gasteiger partial charge in [-0.25, -0.2) is 0 Å². The second-order valence-corrected chi connectivity index (χ2v) is 5.19. The molecule has 0 saturated heterocycles. The van der Waals surface area contributed by atoms with E-state index in [1.807, 2.05) is 18.2 Å². The first kappa shape index (κ1) is 16.5. The third-order valence-electron chi connectivity index (χ3n) is 3.42. The van der Waals surface area contributed by atoms with E-state index in [9.17, 15) is 9.59 Å². The fourth-order valence-corrected chi connectivity index (χ4v) is 1.95. The Morgan fingerprint density at radius 3 is 2.22 bits per heavy atom. The van der Waals surface area contributed by atoms with Gasteiger partial charge in [0.25, 0.3) is 5.91 Å². The quantitative estimate of drug-likeness (QED) is 0.923. The Hall–Kier alpha value is -2.82. The maximum absolute atomic E-state index is 12.1. The Morgan fingerprint density at radius 1 is 1.04 bits per heavy atom. The number of hydrogen-bond acceptors (Lipinski definition) is 3. The van der Waals surface area contributed by atoms with Gasteiger partial charge in [0.1, 0.15) is 5.75 Å². The molecular weight excluding hydrogens is 292 g/mol. The molecule has 0 aliphatic rings. The number of rotatable bonds is 5. The van der Waals surface area contributed by atoms with Gasteiger partial charge >= 0.3 is 0 Å². The van der Waals surface area contributed by atoms with Crippen LogP contribution < -0.4 is 15.0 Å². The van der Waals surface area contributed by atoms with Gasteiger partial charge in [0.2, 0.25) is 5.91 Å². The normalized spacial score (nSPS) is 11.4. The van der Waals surface area contributed by atoms with Crippen molar-refractivity contribution in [1.29, 1.82) is 0 Å². The molecule has 1 N–H and O–H groups in total. The fourth-order valence-electron chi connectivity index (χ4n) is 1.95. The van der Waals surface area contributed by atoms with E-state index in [0.717, 1.165) is 5.69 Å². The highest BCUT2D eigenvalue weighted by atomic mass is 16.5. The van der Waals surface area contributed by atoms with Crippen molar-refractivity contribution in [2.45, 2.75) is 20.0 Å². The number of ether oxygens (including phenoxy) is 1. The number of para-hydroxylation sites is 1. The minimum absolute atomic E-state index is 0.0494. The zero-order valence-corrected chi connectivity index (χ0v) is 13.4. The van der Waals surface area contributed by atoms with Crippen LogP contribution in [0.2, 0.25) is 0 Å². The first-order chi connectivity index (χ1) is 11.0. The highest BCUT2D eigenvalue weighted by Crippen LogP contribution is 2.18. The lowest BCUT2D eigenvalue weighted by Gasteiger charge is -2.17. The van der Waals surface area contributed by atoms with Gasteiger partial charge in [-0.2, -0.15) is 0 Å². The molecule has 0 bridgehead atoms. The monoisotopic (exact) mass is 312 g/mol. The Labute approximate surface area is 135 Å². The van der Waals surface area contributed by atoms with E-state index in [1.54, 1.807) is 50.4 Å². The molecule has 0 aliphatic heterocycles. The maximum Gasteiger partial charge on any atom is 0.265 e. The van der Waals surface area contributed by atoms with Crippen LogP contribution in [0.15, 0.2) is 54.6 Å². The second kappa shape index (κ2) is 7.45. The van der Waals surface area contributed by atoms with Crippen LogP contribution in [0.3, 0.4) is 0 Å². The molecule has 5 nitrogen and oxygen atoms in total. The lowest BCUT2D eigenvalue weighted by molar-refractivity contribution is -0.122. The van der Waals surface area contributed by atoms with Gasteiger partial charge in [-0.3, -0.25) is 9.59 Å². The molecule has 0 heterocycles. The van der Waals surface area contributed by atoms with Crippen molar-refractivity contribution in [2.24, 2.45) is 0 Å². The average Bonchev–Trinajstić information content (AvgIpc) is 2.55. The molecule has 2 rings (SSSR count). The Morgan fingerprint density at radius 2 is 1.65 bits per heavy atom. The third-order valence-corrected chi connectivity index (χ3v) is 3.42. The standard InChI is InChI=1S/C18H20N2O3/c1-13(23-17-7-5-4-6-8-17)18(22)19-15-9-11-16(12-10-15)20(3)14(2)21/h4-13H,1-3H3,(H,19,22)/t13-/m0/s1. The minimum atomic E-state index is -0.614. The zero-order valence-electron chi connectivity index (χ0n) is 13.4. The largest absolute Gasteiger partial charge is 0.481 e. The Kier molecular flexibility index (Phi) is 5.36. The minimum Gasteiger partial charge on any atom is -0.481 e. The van der Waals surface area contributed by atoms with Crippen molar-refractivity contribution in [2.75, 3.05) is 17.3 Å². The van der Waals surface area contributed by atoms with Crippen LogP contribution in [0.4, 0.5) is 11.4 Å². The van der Waals surface area contributed by atoms with Gasteiger partial charge in [0, 0.05) is 25.3 Å². The van der Waals surface area contributed by atoms with Gasteiger partial charge in [-0.1, -0.05) is 18.2 Å². The van der Waals surface area contributed by atoms with Crippen LogP contribution in [0.1, 0.15) is 13.8 Å². The molecule has 5 heteroatoms. The summed E-state index contributed by atoms with van der Waals surface area (Å²) >= 11 is 0. The SMILES string of the molecule is CC(=O)N(C)c1ccc(NC(=O)[C@H](C)Oc2ccccc2)cc1. The number of hydrogen-bond donors (Lipinski definition) is 1. The fraction of sp³-hybridized carbons (Fsp3) is 0.222. The van der Waals surface area contributed by atoms with Gasteiger partial charge in [-0.15, -0.1) is 0 Å². The van der Waals surface area contributed by atoms with Crippen LogP contribution in [0, 0.1) is 0 Å². The zero-order chi connectivity index (χ0) is 16.8. The van der Waals surface area contributed by atoms with E-state index in [0.29, 0.717) is 11.4 Å². The Bertz CT molecular complexity index is 668. The average molecular weight is 312 g/mol. The summed E-state index contributed by atoms with van der Waals surface area (Å²) in [7, 11) is 1.70. The van der Waals surface area contributed by atoms with Gasteiger partial charge in [-0.05, 0) is 43.3 Å². The summed E-state index contributed by atoms with van der Waals surface area (Å²) in [5, 5.41) is 2.79. The molecule has 0 fully saturated rings. The number of nitrogens with zero attached hydrogens (tertiary/aromatic N) is 1. The van der Waals surface area contributed by atoms with Crippen LogP contribution >= 0.6 is 0 Å². The molecular formula is C18H20N2O3. The first-order valence-electron chi connectivity index (χ1n) is 7.34. The summed E-state index contributed by atoms with van der Waals surface area (Å²) < 4.78 is 5.58. The predicted molar refractivity (Wildman–Crippen MR) is 90.7 cm³/mol. The van der Waals surface area contributed by atoms with E-state index in [-0.39, 0.29) is 11.8 Å². The second-order valence-electron chi connectivity index (χ2n) is 5.19. The van der Waals surface area contributed by atoms with E-state index in [4.69, 9.17) is 4.74 Å². The molecule has 0 spiro atoms. The molecule has 2 aromatic rings. The smallest absolute Gasteiger partial charge is 0.265 e. The van der Waals surface area contributed by atoms with Gasteiger partial charge in [0.05, 0.1) is 0 Å². The molecule has 2 aromatic carbocycles. The molecule has 0 unspecified atom stereocenters. The van der Waals surface area contributed by atoms with Crippen molar-refractivity contribution in [3.63, 3.8) is 0 Å². The van der Waals surface area contributed by atoms with E-state index >= 15 is 0 Å². The third kappa shape index (κ3) is 4.57. The summed E-state index contributed by atoms with van der Waals surface area (Å²) in [4.78, 5) is 25.0. The van der Waals surface area contributed by atoms with Crippen LogP contribution in [0.25, 0.3) is 0 Å². The highest BCUT2D eigenvalue weighted by Gasteiger charge is 2.15. The molecule has 0 radical (unpaired) electrons. The number of benzene rings is 2. The summed E-state index contributed by atoms with van der Waals surface area (Å²) in [5.41, 5.74) is 1.42. The van der Waals surface area contributed by atoms with Crippen molar-refractivity contribution in [1.82, 2.24) is 0 Å². The molecule has 23 heavy (non-hydrogen) atoms. The van der Waals surface area contributed by atoms with E-state index in [2.05, 4.69) is 5.32 Å². The van der Waals surface area contributed by atoms with Gasteiger partial charge < -0.3 is 15.0 Å². The van der Waals surface area contributed by atoms with Crippen molar-refractivity contribution in [3.8, 4) is 5.75 Å². The first-order valence-corrected chi connectivity index (χ1v) is 7.34. The summed E-state index contributed by atoms with van der Waals surface area (Å²) in [5.74, 6) is 0.363. The lowest BCUT2D eigenvalue weighted by Crippen LogP contribution is -2.30. The van der Waals surface area contributed by atoms with Crippen molar-refractivity contribution >= 4 is 23.2 Å². The molecule has 1 atom stereocenters. The molecule has 0 aromatic heterocycles. The molecule has 0 saturated carbocycles. The molecule has 2 amide bonds. The van der Waals surface area contributed by atoms with Crippen LogP contribution in [-0.4, -0.2) is 25.0 Å². The number of carbonyl (C=O) groups is 2. The Balaban J connectivity index is 1.96. The van der Waals surface area contributed by atoms with Crippen molar-refractivity contribution < 1.29 is 14.3 Å². The number of carbonyl (C=O) groups excluding carboxylic acids is 2. The van der Waals surface area contributed by atoms with E-state index in [1.165, 1.54) is 11.8 Å². The molecule has 120 valence electrons. The molecule has 0 aliphatic carbocycles. The maximum atomic E-state index is 12.1. The number of nitrogens with one attached hydrogen (secondary N) is 1. The number of amides is 2. The van der Waals surface area contributed by atoms with Crippen LogP contribution in [0.5, 0.6) is 5.75 Å². The predicted octanol–water partition coefficient (Wildman–Crippen LogP) is 3.08. The summed E-state index contributed by atoms with van der Waals surface area (Å²) in [6.07, 6.45) is -0.614. The summed E-state index contributed by atoms with van der Waals surface area (Å²) in [6, 6.07) is 16.3. The lowest BCUT2D eigenvalue weighted by atomic mass is 10.2. The van der Waals surface area contributed by atoms with E-state index < -0.39 is 6.10 Å². The topological polar surface area (TPSA) is 58.6 Å². The van der Waals surface area contributed by atoms with Crippen molar-refractivity contribution in [3.05, 3.63) is 54.6 Å². The van der Waals surface area contributed by atoms with Crippen LogP contribution in [-0.2, 0) is 9.59 Å². The summed E-state index contributed by atoms with van der Waals surface area (Å²) in [6.45, 7) is 3.19.